The van der Waals surface area contributed by atoms with E-state index in [-0.39, 0.29) is 12.4 Å². The number of carbonyl (C=O) groups is 1. The fraction of sp³-hybridized carbons (Fsp3) is 0.174. The van der Waals surface area contributed by atoms with E-state index in [0.717, 1.165) is 11.3 Å². The lowest BCUT2D eigenvalue weighted by Gasteiger charge is -2.14. The number of benzene rings is 2. The Morgan fingerprint density at radius 2 is 1.54 bits per heavy atom. The summed E-state index contributed by atoms with van der Waals surface area (Å²) >= 11 is 0. The van der Waals surface area contributed by atoms with Gasteiger partial charge >= 0.3 is 0 Å². The van der Waals surface area contributed by atoms with Gasteiger partial charge in [-0.05, 0) is 23.8 Å². The first-order chi connectivity index (χ1) is 13.6. The third-order valence-corrected chi connectivity index (χ3v) is 3.77. The number of rotatable bonds is 11. The van der Waals surface area contributed by atoms with Gasteiger partial charge in [0.1, 0.15) is 41.8 Å². The van der Waals surface area contributed by atoms with Crippen molar-refractivity contribution in [1.82, 2.24) is 0 Å². The highest BCUT2D eigenvalue weighted by molar-refractivity contribution is 6.10. The molecule has 5 heteroatoms. The summed E-state index contributed by atoms with van der Waals surface area (Å²) in [6.07, 6.45) is 6.48. The summed E-state index contributed by atoms with van der Waals surface area (Å²) in [5, 5.41) is 0. The molecule has 0 aliphatic rings. The molecule has 5 nitrogen and oxygen atoms in total. The maximum atomic E-state index is 12.8. The molecule has 28 heavy (non-hydrogen) atoms. The Hall–Kier alpha value is -3.47. The molecule has 0 saturated heterocycles. The van der Waals surface area contributed by atoms with Crippen LogP contribution in [0.5, 0.6) is 23.0 Å². The molecule has 0 aromatic heterocycles. The van der Waals surface area contributed by atoms with E-state index in [1.807, 2.05) is 24.3 Å². The van der Waals surface area contributed by atoms with E-state index in [0.29, 0.717) is 29.4 Å². The molecule has 0 heterocycles. The van der Waals surface area contributed by atoms with Crippen molar-refractivity contribution in [3.63, 3.8) is 0 Å². The van der Waals surface area contributed by atoms with Crippen LogP contribution in [0.15, 0.2) is 67.8 Å². The van der Waals surface area contributed by atoms with Gasteiger partial charge in [-0.1, -0.05) is 43.5 Å². The molecule has 0 radical (unpaired) electrons. The van der Waals surface area contributed by atoms with E-state index in [1.54, 1.807) is 30.4 Å². The lowest BCUT2D eigenvalue weighted by Crippen LogP contribution is -2.05. The topological polar surface area (TPSA) is 54.0 Å². The van der Waals surface area contributed by atoms with Crippen LogP contribution in [-0.2, 0) is 0 Å². The van der Waals surface area contributed by atoms with Crippen molar-refractivity contribution in [2.45, 2.75) is 0 Å². The Kier molecular flexibility index (Phi) is 7.91. The van der Waals surface area contributed by atoms with Crippen molar-refractivity contribution in [2.24, 2.45) is 0 Å². The van der Waals surface area contributed by atoms with Crippen molar-refractivity contribution in [3.05, 3.63) is 78.9 Å². The van der Waals surface area contributed by atoms with E-state index in [4.69, 9.17) is 18.9 Å². The minimum Gasteiger partial charge on any atom is -0.496 e. The van der Waals surface area contributed by atoms with Gasteiger partial charge in [-0.3, -0.25) is 4.79 Å². The number of allylic oxidation sites excluding steroid dienone is 1. The molecule has 2 rings (SSSR count). The van der Waals surface area contributed by atoms with Crippen LogP contribution in [0, 0.1) is 0 Å². The van der Waals surface area contributed by atoms with Crippen molar-refractivity contribution in [3.8, 4) is 23.0 Å². The third kappa shape index (κ3) is 5.51. The van der Waals surface area contributed by atoms with Crippen molar-refractivity contribution >= 4 is 11.9 Å². The summed E-state index contributed by atoms with van der Waals surface area (Å²) < 4.78 is 21.7. The third-order valence-electron chi connectivity index (χ3n) is 3.77. The van der Waals surface area contributed by atoms with Crippen molar-refractivity contribution in [1.29, 1.82) is 0 Å². The first-order valence-corrected chi connectivity index (χ1v) is 8.68. The number of ether oxygens (including phenoxy) is 4. The van der Waals surface area contributed by atoms with Crippen LogP contribution in [0.4, 0.5) is 0 Å². The molecule has 0 bridgehead atoms. The molecule has 0 spiro atoms. The summed E-state index contributed by atoms with van der Waals surface area (Å²) in [5.74, 6) is 1.78. The highest BCUT2D eigenvalue weighted by Gasteiger charge is 2.19. The normalized spacial score (nSPS) is 10.4. The lowest BCUT2D eigenvalue weighted by molar-refractivity contribution is 0.104. The molecule has 0 aliphatic heterocycles. The molecule has 0 saturated carbocycles. The smallest absolute Gasteiger partial charge is 0.193 e. The van der Waals surface area contributed by atoms with Gasteiger partial charge in [0, 0.05) is 12.1 Å². The SMILES string of the molecule is C=CCOc1ccc(/C=C/C(=O)c2c(OC)cc(OC)cc2OCC=C)cc1. The average Bonchev–Trinajstić information content (AvgIpc) is 2.74. The fourth-order valence-electron chi connectivity index (χ4n) is 2.44. The maximum absolute atomic E-state index is 12.8. The van der Waals surface area contributed by atoms with Crippen molar-refractivity contribution < 1.29 is 23.7 Å². The lowest BCUT2D eigenvalue weighted by atomic mass is 10.1. The second-order valence-corrected chi connectivity index (χ2v) is 5.67. The van der Waals surface area contributed by atoms with E-state index in [9.17, 15) is 4.79 Å². The zero-order chi connectivity index (χ0) is 20.4. The van der Waals surface area contributed by atoms with Crippen LogP contribution in [-0.4, -0.2) is 33.2 Å². The summed E-state index contributed by atoms with van der Waals surface area (Å²) in [6, 6.07) is 10.7. The van der Waals surface area contributed by atoms with Crippen molar-refractivity contribution in [2.75, 3.05) is 27.4 Å². The molecule has 0 N–H and O–H groups in total. The summed E-state index contributed by atoms with van der Waals surface area (Å²) in [6.45, 7) is 7.95. The maximum Gasteiger partial charge on any atom is 0.193 e. The van der Waals surface area contributed by atoms with Gasteiger partial charge in [0.25, 0.3) is 0 Å². The fourth-order valence-corrected chi connectivity index (χ4v) is 2.44. The number of hydrogen-bond donors (Lipinski definition) is 0. The molecule has 2 aromatic rings. The highest BCUT2D eigenvalue weighted by atomic mass is 16.5. The number of hydrogen-bond acceptors (Lipinski definition) is 5. The number of ketones is 1. The largest absolute Gasteiger partial charge is 0.496 e. The highest BCUT2D eigenvalue weighted by Crippen LogP contribution is 2.35. The number of carbonyl (C=O) groups excluding carboxylic acids is 1. The molecule has 2 aromatic carbocycles. The minimum atomic E-state index is -0.245. The van der Waals surface area contributed by atoms with Crippen LogP contribution in [0.25, 0.3) is 6.08 Å². The summed E-state index contributed by atoms with van der Waals surface area (Å²) in [4.78, 5) is 12.8. The standard InChI is InChI=1S/C23H24O5/c1-5-13-27-18-10-7-17(8-11-18)9-12-20(24)23-21(26-4)15-19(25-3)16-22(23)28-14-6-2/h5-12,15-16H,1-2,13-14H2,3-4H3/b12-9+. The average molecular weight is 380 g/mol. The Balaban J connectivity index is 2.27. The Bertz CT molecular complexity index is 850. The van der Waals surface area contributed by atoms with Gasteiger partial charge in [-0.25, -0.2) is 0 Å². The first kappa shape index (κ1) is 20.8. The van der Waals surface area contributed by atoms with E-state index >= 15 is 0 Å². The van der Waals surface area contributed by atoms with Gasteiger partial charge in [-0.15, -0.1) is 0 Å². The van der Waals surface area contributed by atoms with Crippen LogP contribution < -0.4 is 18.9 Å². The van der Waals surface area contributed by atoms with Crippen LogP contribution >= 0.6 is 0 Å². The summed E-state index contributed by atoms with van der Waals surface area (Å²) in [5.41, 5.74) is 1.19. The van der Waals surface area contributed by atoms with E-state index in [2.05, 4.69) is 13.2 Å². The molecular formula is C23H24O5. The molecule has 0 atom stereocenters. The summed E-state index contributed by atoms with van der Waals surface area (Å²) in [7, 11) is 3.03. The Morgan fingerprint density at radius 3 is 2.14 bits per heavy atom. The molecule has 146 valence electrons. The molecule has 0 amide bonds. The van der Waals surface area contributed by atoms with Crippen LogP contribution in [0.1, 0.15) is 15.9 Å². The van der Waals surface area contributed by atoms with Gasteiger partial charge < -0.3 is 18.9 Å². The molecule has 0 aliphatic carbocycles. The Morgan fingerprint density at radius 1 is 0.893 bits per heavy atom. The molecule has 0 unspecified atom stereocenters. The predicted octanol–water partition coefficient (Wildman–Crippen LogP) is 4.73. The second-order valence-electron chi connectivity index (χ2n) is 5.67. The Labute approximate surface area is 165 Å². The number of methoxy groups -OCH3 is 2. The van der Waals surface area contributed by atoms with Crippen LogP contribution in [0.2, 0.25) is 0 Å². The quantitative estimate of drug-likeness (QED) is 0.320. The van der Waals surface area contributed by atoms with E-state index < -0.39 is 0 Å². The minimum absolute atomic E-state index is 0.245. The van der Waals surface area contributed by atoms with Crippen LogP contribution in [0.3, 0.4) is 0 Å². The van der Waals surface area contributed by atoms with Gasteiger partial charge in [-0.2, -0.15) is 0 Å². The zero-order valence-electron chi connectivity index (χ0n) is 16.1. The monoisotopic (exact) mass is 380 g/mol. The van der Waals surface area contributed by atoms with Gasteiger partial charge in [0.05, 0.1) is 14.2 Å². The first-order valence-electron chi connectivity index (χ1n) is 8.68. The zero-order valence-corrected chi connectivity index (χ0v) is 16.1. The van der Waals surface area contributed by atoms with Gasteiger partial charge in [0.15, 0.2) is 5.78 Å². The second kappa shape index (κ2) is 10.6. The molecule has 0 fully saturated rings. The predicted molar refractivity (Wildman–Crippen MR) is 111 cm³/mol. The van der Waals surface area contributed by atoms with E-state index in [1.165, 1.54) is 20.3 Å². The molecular weight excluding hydrogens is 356 g/mol. The van der Waals surface area contributed by atoms with Gasteiger partial charge in [0.2, 0.25) is 0 Å².